The van der Waals surface area contributed by atoms with Gasteiger partial charge in [-0.3, -0.25) is 9.48 Å². The molecule has 1 aromatic carbocycles. The second-order valence-corrected chi connectivity index (χ2v) is 8.40. The number of hydrogen-bond donors (Lipinski definition) is 3. The van der Waals surface area contributed by atoms with E-state index >= 15 is 0 Å². The van der Waals surface area contributed by atoms with Gasteiger partial charge >= 0.3 is 0 Å². The van der Waals surface area contributed by atoms with Gasteiger partial charge in [0.25, 0.3) is 0 Å². The van der Waals surface area contributed by atoms with Gasteiger partial charge in [0.15, 0.2) is 5.82 Å². The minimum absolute atomic E-state index is 0.316. The molecule has 11 heteroatoms. The number of piperidine rings is 1. The molecule has 10 nitrogen and oxygen atoms in total. The Labute approximate surface area is 203 Å². The monoisotopic (exact) mass is 482 g/mol. The molecule has 34 heavy (non-hydrogen) atoms. The van der Waals surface area contributed by atoms with Gasteiger partial charge in [-0.05, 0) is 57.3 Å². The lowest BCUT2D eigenvalue weighted by molar-refractivity contribution is -0.111. The number of ether oxygens (including phenoxy) is 1. The third-order valence-corrected chi connectivity index (χ3v) is 5.85. The fraction of sp³-hybridized carbons (Fsp3) is 0.304. The van der Waals surface area contributed by atoms with Gasteiger partial charge in [-0.1, -0.05) is 18.2 Å². The van der Waals surface area contributed by atoms with Crippen molar-refractivity contribution < 1.29 is 9.53 Å². The van der Waals surface area contributed by atoms with Crippen molar-refractivity contribution in [3.63, 3.8) is 0 Å². The third-order valence-electron chi connectivity index (χ3n) is 5.57. The second-order valence-electron chi connectivity index (χ2n) is 7.99. The van der Waals surface area contributed by atoms with Crippen molar-refractivity contribution in [3.05, 3.63) is 54.5 Å². The maximum Gasteiger partial charge on any atom is 0.247 e. The van der Waals surface area contributed by atoms with Crippen molar-refractivity contribution in [1.82, 2.24) is 24.6 Å². The van der Waals surface area contributed by atoms with Gasteiger partial charge in [-0.15, -0.1) is 0 Å². The molecule has 0 spiro atoms. The van der Waals surface area contributed by atoms with E-state index in [1.54, 1.807) is 31.5 Å². The quantitative estimate of drug-likeness (QED) is 0.409. The highest BCUT2D eigenvalue weighted by atomic mass is 35.5. The van der Waals surface area contributed by atoms with Crippen molar-refractivity contribution in [1.29, 1.82) is 0 Å². The Kier molecular flexibility index (Phi) is 7.29. The maximum absolute atomic E-state index is 11.7. The molecule has 1 saturated heterocycles. The lowest BCUT2D eigenvalue weighted by atomic mass is 10.1. The number of amides is 1. The Bertz CT molecular complexity index is 1170. The smallest absolute Gasteiger partial charge is 0.247 e. The van der Waals surface area contributed by atoms with E-state index in [1.807, 2.05) is 10.9 Å². The molecular formula is C23H27ClN8O2. The van der Waals surface area contributed by atoms with E-state index in [0.717, 1.165) is 31.6 Å². The number of aromatic nitrogens is 4. The zero-order valence-electron chi connectivity index (χ0n) is 19.1. The Morgan fingerprint density at radius 1 is 1.24 bits per heavy atom. The zero-order chi connectivity index (χ0) is 24.1. The number of anilines is 5. The summed E-state index contributed by atoms with van der Waals surface area (Å²) in [5.41, 5.74) is 1.93. The van der Waals surface area contributed by atoms with Crippen molar-refractivity contribution in [3.8, 4) is 5.75 Å². The maximum atomic E-state index is 11.7. The summed E-state index contributed by atoms with van der Waals surface area (Å²) < 4.78 is 7.42. The number of hydrogen-bond acceptors (Lipinski definition) is 8. The Hall–Kier alpha value is -3.63. The molecule has 1 amide bonds. The Balaban J connectivity index is 1.50. The first-order valence-electron chi connectivity index (χ1n) is 10.9. The molecule has 4 rings (SSSR count). The molecule has 3 heterocycles. The highest BCUT2D eigenvalue weighted by Gasteiger charge is 2.19. The van der Waals surface area contributed by atoms with Crippen molar-refractivity contribution in [2.24, 2.45) is 0 Å². The standard InChI is InChI=1S/C23H27ClN8O2/c1-4-21(33)27-15-5-6-20(34-3)19(11-15)29-22-18(24)13-25-23(30-22)28-16-12-26-32(14-16)17-7-9-31(2)10-8-17/h4-6,11-14,17H,1,7-10H2,2-3H3,(H,27,33)(H2,25,28,29,30). The molecule has 0 radical (unpaired) electrons. The van der Waals surface area contributed by atoms with Crippen LogP contribution in [0.1, 0.15) is 18.9 Å². The first kappa shape index (κ1) is 23.5. The van der Waals surface area contributed by atoms with Gasteiger partial charge in [0.2, 0.25) is 11.9 Å². The van der Waals surface area contributed by atoms with Crippen LogP contribution >= 0.6 is 11.6 Å². The van der Waals surface area contributed by atoms with Crippen LogP contribution in [0.25, 0.3) is 0 Å². The molecule has 0 bridgehead atoms. The molecule has 1 aliphatic rings. The number of benzene rings is 1. The van der Waals surface area contributed by atoms with E-state index in [0.29, 0.717) is 40.0 Å². The summed E-state index contributed by atoms with van der Waals surface area (Å²) in [7, 11) is 3.69. The molecule has 1 aliphatic heterocycles. The van der Waals surface area contributed by atoms with Crippen LogP contribution in [0, 0.1) is 0 Å². The summed E-state index contributed by atoms with van der Waals surface area (Å²) >= 11 is 6.35. The molecule has 178 valence electrons. The number of nitrogens with one attached hydrogen (secondary N) is 3. The molecule has 3 N–H and O–H groups in total. The largest absolute Gasteiger partial charge is 0.495 e. The van der Waals surface area contributed by atoms with Crippen LogP contribution in [0.2, 0.25) is 5.02 Å². The zero-order valence-corrected chi connectivity index (χ0v) is 19.8. The fourth-order valence-electron chi connectivity index (χ4n) is 3.71. The van der Waals surface area contributed by atoms with Gasteiger partial charge in [0, 0.05) is 11.9 Å². The van der Waals surface area contributed by atoms with Crippen LogP contribution in [-0.2, 0) is 4.79 Å². The van der Waals surface area contributed by atoms with E-state index in [2.05, 4.69) is 49.5 Å². The number of nitrogens with zero attached hydrogens (tertiary/aromatic N) is 5. The number of rotatable bonds is 8. The summed E-state index contributed by atoms with van der Waals surface area (Å²) in [6.45, 7) is 5.59. The molecule has 3 aromatic rings. The van der Waals surface area contributed by atoms with Crippen LogP contribution in [0.15, 0.2) is 49.4 Å². The average Bonchev–Trinajstić information content (AvgIpc) is 3.30. The topological polar surface area (TPSA) is 109 Å². The number of carbonyl (C=O) groups is 1. The lowest BCUT2D eigenvalue weighted by Crippen LogP contribution is -2.31. The summed E-state index contributed by atoms with van der Waals surface area (Å²) in [4.78, 5) is 22.8. The van der Waals surface area contributed by atoms with Crippen molar-refractivity contribution in [2.45, 2.75) is 18.9 Å². The summed E-state index contributed by atoms with van der Waals surface area (Å²) in [5.74, 6) is 0.987. The molecule has 0 saturated carbocycles. The molecule has 0 unspecified atom stereocenters. The molecule has 2 aromatic heterocycles. The van der Waals surface area contributed by atoms with Crippen molar-refractivity contribution in [2.75, 3.05) is 43.2 Å². The lowest BCUT2D eigenvalue weighted by Gasteiger charge is -2.28. The van der Waals surface area contributed by atoms with Crippen LogP contribution in [0.4, 0.5) is 28.8 Å². The minimum atomic E-state index is -0.316. The number of methoxy groups -OCH3 is 1. The van der Waals surface area contributed by atoms with Gasteiger partial charge in [-0.25, -0.2) is 4.98 Å². The average molecular weight is 483 g/mol. The van der Waals surface area contributed by atoms with Gasteiger partial charge in [0.05, 0.1) is 36.9 Å². The van der Waals surface area contributed by atoms with E-state index < -0.39 is 0 Å². The highest BCUT2D eigenvalue weighted by molar-refractivity contribution is 6.33. The summed E-state index contributed by atoms with van der Waals surface area (Å²) in [6.07, 6.45) is 8.57. The summed E-state index contributed by atoms with van der Waals surface area (Å²) in [6, 6.07) is 5.56. The number of likely N-dealkylation sites (tertiary alicyclic amines) is 1. The fourth-order valence-corrected chi connectivity index (χ4v) is 3.85. The van der Waals surface area contributed by atoms with Gasteiger partial charge < -0.3 is 25.6 Å². The van der Waals surface area contributed by atoms with Crippen LogP contribution < -0.4 is 20.7 Å². The predicted octanol–water partition coefficient (Wildman–Crippen LogP) is 4.21. The third kappa shape index (κ3) is 5.64. The van der Waals surface area contributed by atoms with E-state index in [-0.39, 0.29) is 5.91 Å². The van der Waals surface area contributed by atoms with Gasteiger partial charge in [0.1, 0.15) is 10.8 Å². The van der Waals surface area contributed by atoms with Crippen LogP contribution in [0.3, 0.4) is 0 Å². The first-order chi connectivity index (χ1) is 16.4. The molecule has 0 atom stereocenters. The molecule has 1 fully saturated rings. The Morgan fingerprint density at radius 2 is 2.03 bits per heavy atom. The minimum Gasteiger partial charge on any atom is -0.495 e. The van der Waals surface area contributed by atoms with Gasteiger partial charge in [-0.2, -0.15) is 10.1 Å². The van der Waals surface area contributed by atoms with E-state index in [4.69, 9.17) is 16.3 Å². The summed E-state index contributed by atoms with van der Waals surface area (Å²) in [5, 5.41) is 13.9. The second kappa shape index (κ2) is 10.5. The van der Waals surface area contributed by atoms with Crippen LogP contribution in [0.5, 0.6) is 5.75 Å². The first-order valence-corrected chi connectivity index (χ1v) is 11.2. The number of carbonyl (C=O) groups excluding carboxylic acids is 1. The predicted molar refractivity (Wildman–Crippen MR) is 133 cm³/mol. The highest BCUT2D eigenvalue weighted by Crippen LogP contribution is 2.33. The normalized spacial score (nSPS) is 14.4. The SMILES string of the molecule is C=CC(=O)Nc1ccc(OC)c(Nc2nc(Nc3cnn(C4CCN(C)CC4)c3)ncc2Cl)c1. The number of halogens is 1. The molecular weight excluding hydrogens is 456 g/mol. The van der Waals surface area contributed by atoms with Crippen LogP contribution in [-0.4, -0.2) is 57.8 Å². The van der Waals surface area contributed by atoms with Crippen molar-refractivity contribution >= 4 is 46.3 Å². The Morgan fingerprint density at radius 3 is 2.76 bits per heavy atom. The van der Waals surface area contributed by atoms with E-state index in [9.17, 15) is 4.79 Å². The molecule has 0 aliphatic carbocycles. The van der Waals surface area contributed by atoms with E-state index in [1.165, 1.54) is 12.3 Å².